The lowest BCUT2D eigenvalue weighted by atomic mass is 9.87. The van der Waals surface area contributed by atoms with E-state index in [0.29, 0.717) is 29.2 Å². The van der Waals surface area contributed by atoms with E-state index in [1.54, 1.807) is 6.92 Å². The molecule has 0 N–H and O–H groups in total. The van der Waals surface area contributed by atoms with E-state index in [1.165, 1.54) is 6.92 Å². The van der Waals surface area contributed by atoms with E-state index in [4.69, 9.17) is 8.85 Å². The van der Waals surface area contributed by atoms with Gasteiger partial charge in [-0.25, -0.2) is 9.59 Å². The van der Waals surface area contributed by atoms with Crippen LogP contribution in [0.25, 0.3) is 0 Å². The first-order valence-electron chi connectivity index (χ1n) is 13.5. The van der Waals surface area contributed by atoms with Crippen LogP contribution in [0.2, 0.25) is 0 Å². The molecule has 15 heteroatoms. The van der Waals surface area contributed by atoms with Crippen molar-refractivity contribution >= 4 is 17.9 Å². The van der Waals surface area contributed by atoms with Gasteiger partial charge in [0.05, 0.1) is 46.2 Å². The molecule has 1 aliphatic heterocycles. The van der Waals surface area contributed by atoms with Crippen LogP contribution >= 0.6 is 0 Å². The Hall–Kier alpha value is -3.65. The minimum atomic E-state index is -5.27. The van der Waals surface area contributed by atoms with Crippen LogP contribution in [0.3, 0.4) is 0 Å². The first-order valence-corrected chi connectivity index (χ1v) is 12.0. The van der Waals surface area contributed by atoms with E-state index in [1.807, 2.05) is 0 Å². The number of rotatable bonds is 5. The predicted octanol–water partition coefficient (Wildman–Crippen LogP) is 8.20. The number of carbonyl (C=O) groups is 2. The summed E-state index contributed by atoms with van der Waals surface area (Å²) in [5.41, 5.74) is -6.12. The predicted molar refractivity (Wildman–Crippen MR) is 127 cm³/mol. The van der Waals surface area contributed by atoms with Crippen LogP contribution in [0, 0.1) is 0 Å². The number of amides is 2. The Kier molecular flexibility index (Phi) is 7.84. The Labute approximate surface area is 232 Å². The van der Waals surface area contributed by atoms with Crippen molar-refractivity contribution in [3.8, 4) is 0 Å². The van der Waals surface area contributed by atoms with Crippen LogP contribution in [0.1, 0.15) is 64.7 Å². The molecule has 2 amide bonds. The summed E-state index contributed by atoms with van der Waals surface area (Å²) in [5.74, 6) is 0. The quantitative estimate of drug-likeness (QED) is 0.324. The zero-order valence-corrected chi connectivity index (χ0v) is 21.4. The SMILES string of the molecule is [2H]C([2H])([2H])OC(=O)N(Cc1cc(C(F)(F)F)cc(C(F)(F)F)c1)C1CC(CC)N(C(=O)OCC)c2ccc(C(F)(F)F)cc21. The number of benzene rings is 2. The van der Waals surface area contributed by atoms with Crippen LogP contribution in [-0.4, -0.2) is 36.8 Å². The Morgan fingerprint density at radius 1 is 0.927 bits per heavy atom. The molecule has 2 atom stereocenters. The van der Waals surface area contributed by atoms with Gasteiger partial charge in [0.15, 0.2) is 0 Å². The van der Waals surface area contributed by atoms with Gasteiger partial charge in [-0.05, 0) is 67.3 Å². The van der Waals surface area contributed by atoms with E-state index >= 15 is 0 Å². The van der Waals surface area contributed by atoms with Gasteiger partial charge in [-0.15, -0.1) is 0 Å². The third-order valence-corrected chi connectivity index (χ3v) is 6.47. The molecule has 0 bridgehead atoms. The molecule has 0 radical (unpaired) electrons. The van der Waals surface area contributed by atoms with E-state index < -0.39 is 90.6 Å². The molecule has 6 nitrogen and oxygen atoms in total. The van der Waals surface area contributed by atoms with Crippen molar-refractivity contribution in [3.05, 3.63) is 64.2 Å². The molecule has 0 aliphatic carbocycles. The molecule has 0 saturated heterocycles. The van der Waals surface area contributed by atoms with Crippen molar-refractivity contribution in [2.45, 2.75) is 63.8 Å². The van der Waals surface area contributed by atoms with Crippen molar-refractivity contribution in [1.29, 1.82) is 0 Å². The minimum Gasteiger partial charge on any atom is -0.453 e. The van der Waals surface area contributed by atoms with Gasteiger partial charge in [-0.2, -0.15) is 39.5 Å². The normalized spacial score (nSPS) is 19.0. The molecular weight excluding hydrogens is 575 g/mol. The number of anilines is 1. The number of carbonyl (C=O) groups excluding carboxylic acids is 2. The highest BCUT2D eigenvalue weighted by Crippen LogP contribution is 2.45. The maximum absolute atomic E-state index is 13.7. The average Bonchev–Trinajstić information content (AvgIpc) is 2.88. The Bertz CT molecular complexity index is 1350. The van der Waals surface area contributed by atoms with Gasteiger partial charge in [0, 0.05) is 12.6 Å². The monoisotopic (exact) mass is 603 g/mol. The molecule has 0 saturated carbocycles. The summed E-state index contributed by atoms with van der Waals surface area (Å²) in [6, 6.07) is -0.00549. The van der Waals surface area contributed by atoms with Gasteiger partial charge in [0.2, 0.25) is 0 Å². The van der Waals surface area contributed by atoms with Crippen molar-refractivity contribution in [3.63, 3.8) is 0 Å². The summed E-state index contributed by atoms with van der Waals surface area (Å²) in [6.45, 7) is 1.77. The zero-order chi connectivity index (χ0) is 33.4. The molecule has 2 aromatic carbocycles. The largest absolute Gasteiger partial charge is 0.453 e. The number of ether oxygens (including phenoxy) is 2. The third-order valence-electron chi connectivity index (χ3n) is 6.47. The van der Waals surface area contributed by atoms with E-state index in [0.717, 1.165) is 11.0 Å². The number of hydrogen-bond acceptors (Lipinski definition) is 4. The zero-order valence-electron chi connectivity index (χ0n) is 24.4. The summed E-state index contributed by atoms with van der Waals surface area (Å²) >= 11 is 0. The fraction of sp³-hybridized carbons (Fsp3) is 0.462. The number of nitrogens with zero attached hydrogens (tertiary/aromatic N) is 2. The molecule has 2 unspecified atom stereocenters. The van der Waals surface area contributed by atoms with Crippen LogP contribution in [0.4, 0.5) is 54.8 Å². The number of alkyl halides is 9. The Morgan fingerprint density at radius 2 is 1.51 bits per heavy atom. The molecule has 3 rings (SSSR count). The number of hydrogen-bond donors (Lipinski definition) is 0. The van der Waals surface area contributed by atoms with Crippen molar-refractivity contribution in [2.24, 2.45) is 0 Å². The van der Waals surface area contributed by atoms with Crippen molar-refractivity contribution < 1.29 is 62.7 Å². The van der Waals surface area contributed by atoms with Crippen LogP contribution < -0.4 is 4.90 Å². The topological polar surface area (TPSA) is 59.1 Å². The van der Waals surface area contributed by atoms with E-state index in [9.17, 15) is 49.1 Å². The summed E-state index contributed by atoms with van der Waals surface area (Å²) < 4.78 is 154. The molecule has 0 spiro atoms. The van der Waals surface area contributed by atoms with Gasteiger partial charge in [0.25, 0.3) is 0 Å². The molecule has 0 aromatic heterocycles. The van der Waals surface area contributed by atoms with Crippen molar-refractivity contribution in [1.82, 2.24) is 4.90 Å². The van der Waals surface area contributed by atoms with Gasteiger partial charge in [-0.3, -0.25) is 9.80 Å². The molecule has 226 valence electrons. The van der Waals surface area contributed by atoms with Gasteiger partial charge < -0.3 is 9.47 Å². The molecule has 2 aromatic rings. The third kappa shape index (κ3) is 6.99. The van der Waals surface area contributed by atoms with E-state index in [2.05, 4.69) is 4.74 Å². The molecule has 1 aliphatic rings. The number of methoxy groups -OCH3 is 1. The Balaban J connectivity index is 2.29. The lowest BCUT2D eigenvalue weighted by Crippen LogP contribution is -2.48. The fourth-order valence-corrected chi connectivity index (χ4v) is 4.66. The smallest absolute Gasteiger partial charge is 0.416 e. The molecule has 41 heavy (non-hydrogen) atoms. The first kappa shape index (κ1) is 27.5. The summed E-state index contributed by atoms with van der Waals surface area (Å²) in [4.78, 5) is 27.5. The van der Waals surface area contributed by atoms with Crippen LogP contribution in [0.15, 0.2) is 36.4 Å². The average molecular weight is 603 g/mol. The summed E-state index contributed by atoms with van der Waals surface area (Å²) in [7, 11) is -3.45. The summed E-state index contributed by atoms with van der Waals surface area (Å²) in [5, 5.41) is 0. The molecular formula is C26H25F9N2O4. The minimum absolute atomic E-state index is 0.0969. The first-order chi connectivity index (χ1) is 20.1. The second-order valence-corrected chi connectivity index (χ2v) is 9.06. The highest BCUT2D eigenvalue weighted by atomic mass is 19.4. The number of fused-ring (bicyclic) bond motifs is 1. The van der Waals surface area contributed by atoms with Crippen LogP contribution in [0.5, 0.6) is 0 Å². The molecule has 1 heterocycles. The Morgan fingerprint density at radius 3 is 2.00 bits per heavy atom. The van der Waals surface area contributed by atoms with Gasteiger partial charge in [0.1, 0.15) is 0 Å². The van der Waals surface area contributed by atoms with Crippen LogP contribution in [-0.2, 0) is 34.5 Å². The standard InChI is InChI=1S/C26H25F9N2O4/c1-4-18-12-21(19-11-15(24(27,28)29)6-7-20(19)37(18)23(39)41-5-2)36(22(38)40-3)13-14-8-16(25(30,31)32)10-17(9-14)26(33,34)35/h6-11,18,21H,4-5,12-13H2,1-3H3/i3D3. The van der Waals surface area contributed by atoms with Gasteiger partial charge in [-0.1, -0.05) is 6.92 Å². The second-order valence-electron chi connectivity index (χ2n) is 9.06. The highest BCUT2D eigenvalue weighted by Gasteiger charge is 2.43. The lowest BCUT2D eigenvalue weighted by molar-refractivity contribution is -0.143. The van der Waals surface area contributed by atoms with Gasteiger partial charge >= 0.3 is 30.7 Å². The van der Waals surface area contributed by atoms with E-state index in [-0.39, 0.29) is 24.8 Å². The summed E-state index contributed by atoms with van der Waals surface area (Å²) in [6.07, 6.45) is -18.5. The van der Waals surface area contributed by atoms with Crippen molar-refractivity contribution in [2.75, 3.05) is 18.5 Å². The maximum atomic E-state index is 13.7. The highest BCUT2D eigenvalue weighted by molar-refractivity contribution is 5.90. The number of halogens is 9. The molecule has 0 fully saturated rings. The second kappa shape index (κ2) is 11.7. The fourth-order valence-electron chi connectivity index (χ4n) is 4.66. The maximum Gasteiger partial charge on any atom is 0.416 e. The lowest BCUT2D eigenvalue weighted by Gasteiger charge is -2.43.